The normalized spacial score (nSPS) is 12.9. The lowest BCUT2D eigenvalue weighted by atomic mass is 9.66. The lowest BCUT2D eigenvalue weighted by molar-refractivity contribution is 0.436. The first-order chi connectivity index (χ1) is 27.8. The topological polar surface area (TPSA) is 47.9 Å². The summed E-state index contributed by atoms with van der Waals surface area (Å²) in [5.74, 6) is 2.44. The minimum absolute atomic E-state index is 0.603. The van der Waals surface area contributed by atoms with Gasteiger partial charge in [-0.15, -0.1) is 0 Å². The molecule has 7 aromatic carbocycles. The summed E-state index contributed by atoms with van der Waals surface area (Å²) < 4.78 is 6.65. The highest BCUT2D eigenvalue weighted by atomic mass is 16.5. The molecule has 1 aliphatic heterocycles. The fraction of sp³-hybridized carbons (Fsp3) is 0.0192. The van der Waals surface area contributed by atoms with Crippen LogP contribution in [0, 0.1) is 0 Å². The Kier molecular flexibility index (Phi) is 7.36. The van der Waals surface area contributed by atoms with E-state index in [1.165, 1.54) is 27.8 Å². The van der Waals surface area contributed by atoms with Crippen molar-refractivity contribution in [3.63, 3.8) is 0 Å². The smallest absolute Gasteiger partial charge is 0.160 e. The fourth-order valence-electron chi connectivity index (χ4n) is 8.92. The standard InChI is InChI=1S/C52H33N3O/c1-3-14-35(15-4-1)45-33-46(55-51(54-45)36-16-5-2-6-17-36)38-19-11-18-37(32-38)40-21-13-25-44-50(40)49-39(34-28-30-53-31-29-34)20-12-24-43(49)52(44)41-22-7-9-26-47(41)56-48-27-10-8-23-42(48)52/h1-33H. The zero-order valence-corrected chi connectivity index (χ0v) is 30.3. The van der Waals surface area contributed by atoms with E-state index in [9.17, 15) is 0 Å². The molecule has 0 saturated carbocycles. The number of nitrogens with zero attached hydrogens (tertiary/aromatic N) is 3. The summed E-state index contributed by atoms with van der Waals surface area (Å²) in [6, 6.07) is 66.3. The van der Waals surface area contributed by atoms with E-state index in [1.807, 2.05) is 36.7 Å². The van der Waals surface area contributed by atoms with E-state index in [0.29, 0.717) is 5.82 Å². The van der Waals surface area contributed by atoms with Crippen molar-refractivity contribution in [1.82, 2.24) is 15.0 Å². The SMILES string of the molecule is c1ccc(-c2cc(-c3cccc(-c4cccc5c4-c4c(-c6ccncc6)cccc4C54c5ccccc5Oc5ccccc54)c3)nc(-c3ccccc3)n2)cc1. The zero-order chi connectivity index (χ0) is 37.1. The third-order valence-electron chi connectivity index (χ3n) is 11.3. The number of pyridine rings is 1. The Labute approximate surface area is 325 Å². The molecular formula is C52H33N3O. The third kappa shape index (κ3) is 4.89. The highest BCUT2D eigenvalue weighted by Gasteiger charge is 2.52. The molecule has 1 spiro atoms. The molecule has 3 heterocycles. The Bertz CT molecular complexity index is 2840. The highest BCUT2D eigenvalue weighted by Crippen LogP contribution is 2.64. The summed E-state index contributed by atoms with van der Waals surface area (Å²) >= 11 is 0. The maximum Gasteiger partial charge on any atom is 0.160 e. The average molecular weight is 716 g/mol. The van der Waals surface area contributed by atoms with Gasteiger partial charge in [0.15, 0.2) is 5.82 Å². The lowest BCUT2D eigenvalue weighted by Crippen LogP contribution is -2.32. The van der Waals surface area contributed by atoms with Crippen LogP contribution in [0.1, 0.15) is 22.3 Å². The average Bonchev–Trinajstić information content (AvgIpc) is 3.58. The van der Waals surface area contributed by atoms with Gasteiger partial charge < -0.3 is 4.74 Å². The Morgan fingerprint density at radius 2 is 0.839 bits per heavy atom. The second-order valence-electron chi connectivity index (χ2n) is 14.3. The Balaban J connectivity index is 1.18. The summed E-state index contributed by atoms with van der Waals surface area (Å²) in [6.45, 7) is 0. The summed E-state index contributed by atoms with van der Waals surface area (Å²) in [5, 5.41) is 0. The van der Waals surface area contributed by atoms with Crippen LogP contribution in [0.5, 0.6) is 11.5 Å². The van der Waals surface area contributed by atoms with Gasteiger partial charge in [-0.25, -0.2) is 9.97 Å². The van der Waals surface area contributed by atoms with Gasteiger partial charge in [0.25, 0.3) is 0 Å². The number of fused-ring (bicyclic) bond motifs is 9. The van der Waals surface area contributed by atoms with E-state index in [-0.39, 0.29) is 0 Å². The quantitative estimate of drug-likeness (QED) is 0.178. The Hall–Kier alpha value is -7.43. The van der Waals surface area contributed by atoms with Gasteiger partial charge in [0.2, 0.25) is 0 Å². The van der Waals surface area contributed by atoms with E-state index >= 15 is 0 Å². The molecular weight excluding hydrogens is 683 g/mol. The van der Waals surface area contributed by atoms with Crippen LogP contribution in [0.4, 0.5) is 0 Å². The van der Waals surface area contributed by atoms with Crippen LogP contribution in [-0.2, 0) is 5.41 Å². The van der Waals surface area contributed by atoms with Gasteiger partial charge in [0.05, 0.1) is 16.8 Å². The number of rotatable bonds is 5. The monoisotopic (exact) mass is 715 g/mol. The van der Waals surface area contributed by atoms with Crippen LogP contribution in [0.15, 0.2) is 200 Å². The summed E-state index contributed by atoms with van der Waals surface area (Å²) in [7, 11) is 0. The van der Waals surface area contributed by atoms with Gasteiger partial charge in [0, 0.05) is 40.2 Å². The first-order valence-corrected chi connectivity index (χ1v) is 18.9. The van der Waals surface area contributed by atoms with Crippen LogP contribution in [-0.4, -0.2) is 15.0 Å². The first-order valence-electron chi connectivity index (χ1n) is 18.9. The predicted molar refractivity (Wildman–Crippen MR) is 224 cm³/mol. The number of benzene rings is 7. The molecule has 0 bridgehead atoms. The van der Waals surface area contributed by atoms with Crippen LogP contribution in [0.3, 0.4) is 0 Å². The Morgan fingerprint density at radius 1 is 0.357 bits per heavy atom. The molecule has 262 valence electrons. The van der Waals surface area contributed by atoms with Crippen molar-refractivity contribution in [3.05, 3.63) is 223 Å². The van der Waals surface area contributed by atoms with Crippen molar-refractivity contribution in [3.8, 4) is 78.8 Å². The number of ether oxygens (including phenoxy) is 1. The van der Waals surface area contributed by atoms with Gasteiger partial charge in [-0.1, -0.05) is 152 Å². The highest BCUT2D eigenvalue weighted by molar-refractivity contribution is 6.02. The van der Waals surface area contributed by atoms with E-state index < -0.39 is 5.41 Å². The second-order valence-corrected chi connectivity index (χ2v) is 14.3. The lowest BCUT2D eigenvalue weighted by Gasteiger charge is -2.39. The number of hydrogen-bond donors (Lipinski definition) is 0. The van der Waals surface area contributed by atoms with Gasteiger partial charge in [-0.3, -0.25) is 4.98 Å². The van der Waals surface area contributed by atoms with Crippen molar-refractivity contribution in [2.24, 2.45) is 0 Å². The molecule has 0 fully saturated rings. The maximum atomic E-state index is 6.65. The minimum Gasteiger partial charge on any atom is -0.457 e. The molecule has 0 N–H and O–H groups in total. The molecule has 4 heteroatoms. The molecule has 2 aliphatic rings. The first kappa shape index (κ1) is 32.0. The molecule has 0 atom stereocenters. The number of hydrogen-bond acceptors (Lipinski definition) is 4. The molecule has 0 amide bonds. The molecule has 0 saturated heterocycles. The van der Waals surface area contributed by atoms with Crippen molar-refractivity contribution in [2.45, 2.75) is 5.41 Å². The fourth-order valence-corrected chi connectivity index (χ4v) is 8.92. The van der Waals surface area contributed by atoms with Crippen LogP contribution in [0.2, 0.25) is 0 Å². The van der Waals surface area contributed by atoms with Crippen LogP contribution < -0.4 is 4.74 Å². The maximum absolute atomic E-state index is 6.65. The Morgan fingerprint density at radius 3 is 1.48 bits per heavy atom. The van der Waals surface area contributed by atoms with Crippen LogP contribution in [0.25, 0.3) is 67.3 Å². The van der Waals surface area contributed by atoms with E-state index in [0.717, 1.165) is 67.4 Å². The molecule has 4 nitrogen and oxygen atoms in total. The number of para-hydroxylation sites is 2. The third-order valence-corrected chi connectivity index (χ3v) is 11.3. The molecule has 56 heavy (non-hydrogen) atoms. The van der Waals surface area contributed by atoms with Crippen molar-refractivity contribution in [1.29, 1.82) is 0 Å². The summed E-state index contributed by atoms with van der Waals surface area (Å²) in [4.78, 5) is 14.6. The van der Waals surface area contributed by atoms with Crippen molar-refractivity contribution in [2.75, 3.05) is 0 Å². The second kappa shape index (κ2) is 12.9. The van der Waals surface area contributed by atoms with Gasteiger partial charge >= 0.3 is 0 Å². The largest absolute Gasteiger partial charge is 0.457 e. The molecule has 0 unspecified atom stereocenters. The number of aromatic nitrogens is 3. The van der Waals surface area contributed by atoms with E-state index in [4.69, 9.17) is 14.7 Å². The molecule has 9 aromatic rings. The minimum atomic E-state index is -0.603. The predicted octanol–water partition coefficient (Wildman–Crippen LogP) is 12.7. The van der Waals surface area contributed by atoms with E-state index in [1.54, 1.807) is 0 Å². The van der Waals surface area contributed by atoms with Gasteiger partial charge in [-0.2, -0.15) is 0 Å². The van der Waals surface area contributed by atoms with Crippen molar-refractivity contribution >= 4 is 0 Å². The molecule has 0 radical (unpaired) electrons. The summed E-state index contributed by atoms with van der Waals surface area (Å²) in [5.41, 5.74) is 16.0. The van der Waals surface area contributed by atoms with E-state index in [2.05, 4.69) is 169 Å². The molecule has 2 aromatic heterocycles. The molecule has 11 rings (SSSR count). The zero-order valence-electron chi connectivity index (χ0n) is 30.3. The summed E-state index contributed by atoms with van der Waals surface area (Å²) in [6.07, 6.45) is 3.76. The van der Waals surface area contributed by atoms with Gasteiger partial charge in [0.1, 0.15) is 11.5 Å². The van der Waals surface area contributed by atoms with Crippen LogP contribution >= 0.6 is 0 Å². The molecule has 1 aliphatic carbocycles. The van der Waals surface area contributed by atoms with Gasteiger partial charge in [-0.05, 0) is 80.9 Å². The van der Waals surface area contributed by atoms with Crippen molar-refractivity contribution < 1.29 is 4.74 Å².